The quantitative estimate of drug-likeness (QED) is 0.168. The van der Waals surface area contributed by atoms with Crippen molar-refractivity contribution in [1.29, 1.82) is 0 Å². The van der Waals surface area contributed by atoms with Crippen molar-refractivity contribution in [2.75, 3.05) is 12.4 Å². The number of thioether (sulfide) groups is 1. The number of fused-ring (bicyclic) bond motifs is 1. The summed E-state index contributed by atoms with van der Waals surface area (Å²) < 4.78 is 7.52. The molecule has 5 aromatic rings. The Morgan fingerprint density at radius 2 is 1.66 bits per heavy atom. The molecular weight excluding hydrogens is 478 g/mol. The van der Waals surface area contributed by atoms with E-state index in [0.717, 1.165) is 27.8 Å². The van der Waals surface area contributed by atoms with E-state index in [-0.39, 0.29) is 11.5 Å². The van der Waals surface area contributed by atoms with E-state index in [0.29, 0.717) is 28.2 Å². The number of hydrogen-bond donors (Lipinski definition) is 0. The standard InChI is InChI=1S/C28H22ClN3O2S/c1-2-34-23-15-13-22(14-16-23)32-27(24-9-5-6-10-25(24)29)30-31-28(32)35-18-26(33)21-12-11-19-7-3-4-8-20(19)17-21/h3-17H,2,18H2,1H3. The molecule has 0 radical (unpaired) electrons. The maximum Gasteiger partial charge on any atom is 0.196 e. The smallest absolute Gasteiger partial charge is 0.196 e. The molecule has 0 fully saturated rings. The third-order valence-corrected chi connectivity index (χ3v) is 6.82. The Hall–Kier alpha value is -3.61. The summed E-state index contributed by atoms with van der Waals surface area (Å²) in [6.07, 6.45) is 0. The van der Waals surface area contributed by atoms with E-state index in [2.05, 4.69) is 10.2 Å². The molecule has 174 valence electrons. The van der Waals surface area contributed by atoms with Gasteiger partial charge in [-0.3, -0.25) is 9.36 Å². The zero-order valence-electron chi connectivity index (χ0n) is 19.0. The molecule has 1 heterocycles. The molecule has 0 spiro atoms. The summed E-state index contributed by atoms with van der Waals surface area (Å²) in [5.41, 5.74) is 2.30. The van der Waals surface area contributed by atoms with E-state index in [9.17, 15) is 4.79 Å². The Bertz CT molecular complexity index is 1500. The predicted molar refractivity (Wildman–Crippen MR) is 142 cm³/mol. The lowest BCUT2D eigenvalue weighted by atomic mass is 10.1. The Balaban J connectivity index is 1.47. The van der Waals surface area contributed by atoms with E-state index >= 15 is 0 Å². The monoisotopic (exact) mass is 499 g/mol. The van der Waals surface area contributed by atoms with Crippen molar-refractivity contribution < 1.29 is 9.53 Å². The van der Waals surface area contributed by atoms with Gasteiger partial charge < -0.3 is 4.74 Å². The predicted octanol–water partition coefficient (Wildman–Crippen LogP) is 7.11. The first-order valence-corrected chi connectivity index (χ1v) is 12.6. The van der Waals surface area contributed by atoms with Crippen molar-refractivity contribution in [1.82, 2.24) is 14.8 Å². The molecule has 0 saturated carbocycles. The molecule has 0 N–H and O–H groups in total. The largest absolute Gasteiger partial charge is 0.494 e. The molecule has 5 rings (SSSR count). The summed E-state index contributed by atoms with van der Waals surface area (Å²) in [6.45, 7) is 2.54. The number of ether oxygens (including phenoxy) is 1. The zero-order chi connectivity index (χ0) is 24.2. The van der Waals surface area contributed by atoms with Gasteiger partial charge in [-0.2, -0.15) is 0 Å². The SMILES string of the molecule is CCOc1ccc(-n2c(SCC(=O)c3ccc4ccccc4c3)nnc2-c2ccccc2Cl)cc1. The van der Waals surface area contributed by atoms with Gasteiger partial charge in [-0.15, -0.1) is 10.2 Å². The number of carbonyl (C=O) groups is 1. The Kier molecular flexibility index (Phi) is 6.84. The van der Waals surface area contributed by atoms with Crippen LogP contribution in [0.4, 0.5) is 0 Å². The summed E-state index contributed by atoms with van der Waals surface area (Å²) in [7, 11) is 0. The van der Waals surface area contributed by atoms with Crippen LogP contribution < -0.4 is 4.74 Å². The van der Waals surface area contributed by atoms with E-state index in [4.69, 9.17) is 16.3 Å². The van der Waals surface area contributed by atoms with Gasteiger partial charge in [0.1, 0.15) is 5.75 Å². The number of rotatable bonds is 8. The number of ketones is 1. The van der Waals surface area contributed by atoms with Gasteiger partial charge in [-0.25, -0.2) is 0 Å². The number of Topliss-reactive ketones (excluding diaryl/α,β-unsaturated/α-hetero) is 1. The molecule has 35 heavy (non-hydrogen) atoms. The highest BCUT2D eigenvalue weighted by atomic mass is 35.5. The number of benzene rings is 4. The fourth-order valence-electron chi connectivity index (χ4n) is 3.85. The van der Waals surface area contributed by atoms with E-state index in [1.165, 1.54) is 11.8 Å². The molecule has 0 amide bonds. The normalized spacial score (nSPS) is 11.0. The van der Waals surface area contributed by atoms with Crippen LogP contribution in [-0.4, -0.2) is 32.9 Å². The van der Waals surface area contributed by atoms with Crippen LogP contribution in [0.3, 0.4) is 0 Å². The highest BCUT2D eigenvalue weighted by molar-refractivity contribution is 7.99. The minimum absolute atomic E-state index is 0.0290. The van der Waals surface area contributed by atoms with Crippen molar-refractivity contribution in [3.8, 4) is 22.8 Å². The van der Waals surface area contributed by atoms with E-state index in [1.807, 2.05) is 102 Å². The number of nitrogens with zero attached hydrogens (tertiary/aromatic N) is 3. The first-order chi connectivity index (χ1) is 17.1. The van der Waals surface area contributed by atoms with Gasteiger partial charge in [0, 0.05) is 16.8 Å². The van der Waals surface area contributed by atoms with Crippen LogP contribution in [0.1, 0.15) is 17.3 Å². The molecule has 0 aliphatic rings. The lowest BCUT2D eigenvalue weighted by Gasteiger charge is -2.12. The summed E-state index contributed by atoms with van der Waals surface area (Å²) in [5.74, 6) is 1.65. The number of halogens is 1. The lowest BCUT2D eigenvalue weighted by Crippen LogP contribution is -2.05. The van der Waals surface area contributed by atoms with Crippen LogP contribution in [0.2, 0.25) is 5.02 Å². The van der Waals surface area contributed by atoms with Crippen LogP contribution in [0.15, 0.2) is 96.2 Å². The topological polar surface area (TPSA) is 57.0 Å². The molecule has 4 aromatic carbocycles. The third kappa shape index (κ3) is 4.94. The maximum absolute atomic E-state index is 13.0. The number of hydrogen-bond acceptors (Lipinski definition) is 5. The summed E-state index contributed by atoms with van der Waals surface area (Å²) >= 11 is 7.84. The van der Waals surface area contributed by atoms with Crippen molar-refractivity contribution in [3.05, 3.63) is 102 Å². The minimum Gasteiger partial charge on any atom is -0.494 e. The first kappa shape index (κ1) is 23.1. The summed E-state index contributed by atoms with van der Waals surface area (Å²) in [6, 6.07) is 29.0. The highest BCUT2D eigenvalue weighted by Gasteiger charge is 2.19. The molecule has 0 aliphatic carbocycles. The average molecular weight is 500 g/mol. The lowest BCUT2D eigenvalue weighted by molar-refractivity contribution is 0.102. The Labute approximate surface area is 212 Å². The molecular formula is C28H22ClN3O2S. The van der Waals surface area contributed by atoms with Gasteiger partial charge in [0.15, 0.2) is 16.8 Å². The van der Waals surface area contributed by atoms with Crippen LogP contribution in [0.25, 0.3) is 27.8 Å². The Morgan fingerprint density at radius 3 is 2.43 bits per heavy atom. The number of aromatic nitrogens is 3. The van der Waals surface area contributed by atoms with Gasteiger partial charge in [0.05, 0.1) is 17.4 Å². The molecule has 0 unspecified atom stereocenters. The van der Waals surface area contributed by atoms with Crippen LogP contribution >= 0.6 is 23.4 Å². The van der Waals surface area contributed by atoms with Crippen LogP contribution in [0.5, 0.6) is 5.75 Å². The molecule has 5 nitrogen and oxygen atoms in total. The van der Waals surface area contributed by atoms with Crippen LogP contribution in [-0.2, 0) is 0 Å². The molecule has 1 aromatic heterocycles. The maximum atomic E-state index is 13.0. The van der Waals surface area contributed by atoms with Gasteiger partial charge in [0.2, 0.25) is 0 Å². The minimum atomic E-state index is 0.0290. The van der Waals surface area contributed by atoms with E-state index < -0.39 is 0 Å². The molecule has 0 bridgehead atoms. The average Bonchev–Trinajstić information content (AvgIpc) is 3.31. The second kappa shape index (κ2) is 10.3. The summed E-state index contributed by atoms with van der Waals surface area (Å²) in [4.78, 5) is 13.0. The fraction of sp³-hybridized carbons (Fsp3) is 0.107. The molecule has 0 saturated heterocycles. The highest BCUT2D eigenvalue weighted by Crippen LogP contribution is 2.32. The second-order valence-corrected chi connectivity index (χ2v) is 9.17. The second-order valence-electron chi connectivity index (χ2n) is 7.82. The van der Waals surface area contributed by atoms with Crippen molar-refractivity contribution in [2.24, 2.45) is 0 Å². The van der Waals surface area contributed by atoms with Gasteiger partial charge in [-0.05, 0) is 60.2 Å². The van der Waals surface area contributed by atoms with E-state index in [1.54, 1.807) is 0 Å². The fourth-order valence-corrected chi connectivity index (χ4v) is 4.91. The molecule has 0 atom stereocenters. The van der Waals surface area contributed by atoms with Crippen molar-refractivity contribution in [2.45, 2.75) is 12.1 Å². The zero-order valence-corrected chi connectivity index (χ0v) is 20.6. The van der Waals surface area contributed by atoms with Gasteiger partial charge in [0.25, 0.3) is 0 Å². The molecule has 7 heteroatoms. The first-order valence-electron chi connectivity index (χ1n) is 11.2. The van der Waals surface area contributed by atoms with Gasteiger partial charge in [-0.1, -0.05) is 71.9 Å². The van der Waals surface area contributed by atoms with Gasteiger partial charge >= 0.3 is 0 Å². The van der Waals surface area contributed by atoms with Crippen LogP contribution in [0, 0.1) is 0 Å². The molecule has 0 aliphatic heterocycles. The van der Waals surface area contributed by atoms with Crippen molar-refractivity contribution in [3.63, 3.8) is 0 Å². The Morgan fingerprint density at radius 1 is 0.914 bits per heavy atom. The number of carbonyl (C=O) groups excluding carboxylic acids is 1. The van der Waals surface area contributed by atoms with Crippen molar-refractivity contribution >= 4 is 39.9 Å². The third-order valence-electron chi connectivity index (χ3n) is 5.56. The summed E-state index contributed by atoms with van der Waals surface area (Å²) in [5, 5.41) is 12.2.